The Morgan fingerprint density at radius 2 is 2.04 bits per heavy atom. The van der Waals surface area contributed by atoms with Crippen LogP contribution in [-0.2, 0) is 0 Å². The van der Waals surface area contributed by atoms with Gasteiger partial charge in [0.05, 0.1) is 6.20 Å². The number of amides is 1. The third kappa shape index (κ3) is 3.93. The van der Waals surface area contributed by atoms with Gasteiger partial charge in [0.2, 0.25) is 11.7 Å². The van der Waals surface area contributed by atoms with E-state index in [4.69, 9.17) is 9.15 Å². The van der Waals surface area contributed by atoms with Crippen molar-refractivity contribution in [1.29, 1.82) is 0 Å². The van der Waals surface area contributed by atoms with Gasteiger partial charge in [-0.3, -0.25) is 4.79 Å². The van der Waals surface area contributed by atoms with Gasteiger partial charge in [-0.25, -0.2) is 19.9 Å². The summed E-state index contributed by atoms with van der Waals surface area (Å²) in [5.74, 6) is 1.28. The second kappa shape index (κ2) is 7.40. The van der Waals surface area contributed by atoms with Gasteiger partial charge in [0.25, 0.3) is 5.91 Å². The lowest BCUT2D eigenvalue weighted by Gasteiger charge is -2.08. The van der Waals surface area contributed by atoms with Crippen molar-refractivity contribution in [2.24, 2.45) is 0 Å². The molecule has 4 aromatic rings. The molecule has 0 atom stereocenters. The summed E-state index contributed by atoms with van der Waals surface area (Å²) in [5, 5.41) is 2.75. The third-order valence-corrected chi connectivity index (χ3v) is 3.41. The van der Waals surface area contributed by atoms with Crippen LogP contribution in [0.4, 0.5) is 5.69 Å². The molecular weight excluding hydrogens is 348 g/mol. The summed E-state index contributed by atoms with van der Waals surface area (Å²) in [6.45, 7) is 0. The van der Waals surface area contributed by atoms with Crippen LogP contribution in [0.1, 0.15) is 10.5 Å². The molecule has 27 heavy (non-hydrogen) atoms. The van der Waals surface area contributed by atoms with Crippen LogP contribution in [0.5, 0.6) is 11.6 Å². The smallest absolute Gasteiger partial charge is 0.274 e. The standard InChI is InChI=1S/C18H12N6O3/c25-18(14-4-6-19-10-22-14)23-12-2-1-3-13(8-12)27-16-5-7-21-17(24-16)15-9-20-11-26-15/h1-11H,(H,23,25). The molecule has 4 rings (SSSR count). The van der Waals surface area contributed by atoms with Crippen LogP contribution in [-0.4, -0.2) is 30.8 Å². The number of carbonyl (C=O) groups is 1. The SMILES string of the molecule is O=C(Nc1cccc(Oc2ccnc(-c3cnco3)n2)c1)c1ccncn1. The summed E-state index contributed by atoms with van der Waals surface area (Å²) < 4.78 is 10.9. The molecule has 3 heterocycles. The largest absolute Gasteiger partial charge is 0.440 e. The Labute approximate surface area is 153 Å². The molecule has 0 spiro atoms. The van der Waals surface area contributed by atoms with E-state index in [9.17, 15) is 4.79 Å². The molecule has 0 aliphatic carbocycles. The van der Waals surface area contributed by atoms with Gasteiger partial charge in [-0.2, -0.15) is 4.98 Å². The number of rotatable bonds is 5. The molecule has 1 amide bonds. The summed E-state index contributed by atoms with van der Waals surface area (Å²) in [4.78, 5) is 32.1. The average molecular weight is 360 g/mol. The van der Waals surface area contributed by atoms with Crippen LogP contribution in [0.2, 0.25) is 0 Å². The van der Waals surface area contributed by atoms with E-state index in [0.717, 1.165) is 0 Å². The molecule has 0 aliphatic heterocycles. The van der Waals surface area contributed by atoms with Crippen molar-refractivity contribution >= 4 is 11.6 Å². The number of nitrogens with one attached hydrogen (secondary N) is 1. The van der Waals surface area contributed by atoms with Crippen LogP contribution >= 0.6 is 0 Å². The number of ether oxygens (including phenoxy) is 1. The minimum Gasteiger partial charge on any atom is -0.440 e. The molecule has 1 N–H and O–H groups in total. The molecule has 3 aromatic heterocycles. The van der Waals surface area contributed by atoms with Gasteiger partial charge in [-0.05, 0) is 18.2 Å². The number of benzene rings is 1. The first-order valence-electron chi connectivity index (χ1n) is 7.85. The van der Waals surface area contributed by atoms with Crippen LogP contribution in [0.15, 0.2) is 72.1 Å². The first-order valence-corrected chi connectivity index (χ1v) is 7.85. The van der Waals surface area contributed by atoms with Crippen molar-refractivity contribution in [3.05, 3.63) is 73.4 Å². The lowest BCUT2D eigenvalue weighted by Crippen LogP contribution is -2.13. The highest BCUT2D eigenvalue weighted by Crippen LogP contribution is 2.24. The van der Waals surface area contributed by atoms with Crippen LogP contribution in [0, 0.1) is 0 Å². The Morgan fingerprint density at radius 1 is 1.07 bits per heavy atom. The van der Waals surface area contributed by atoms with Crippen molar-refractivity contribution in [1.82, 2.24) is 24.9 Å². The highest BCUT2D eigenvalue weighted by Gasteiger charge is 2.10. The molecule has 9 heteroatoms. The van der Waals surface area contributed by atoms with E-state index in [-0.39, 0.29) is 11.6 Å². The number of anilines is 1. The molecule has 132 valence electrons. The molecule has 0 bridgehead atoms. The lowest BCUT2D eigenvalue weighted by atomic mass is 10.3. The molecule has 0 fully saturated rings. The second-order valence-electron chi connectivity index (χ2n) is 5.26. The quantitative estimate of drug-likeness (QED) is 0.577. The lowest BCUT2D eigenvalue weighted by molar-refractivity contribution is 0.102. The minimum absolute atomic E-state index is 0.267. The first kappa shape index (κ1) is 16.3. The van der Waals surface area contributed by atoms with Gasteiger partial charge in [0, 0.05) is 30.2 Å². The number of carbonyl (C=O) groups excluding carboxylic acids is 1. The van der Waals surface area contributed by atoms with Crippen molar-refractivity contribution in [3.8, 4) is 23.2 Å². The summed E-state index contributed by atoms with van der Waals surface area (Å²) in [5.41, 5.74) is 0.824. The van der Waals surface area contributed by atoms with Crippen molar-refractivity contribution in [3.63, 3.8) is 0 Å². The van der Waals surface area contributed by atoms with Crippen molar-refractivity contribution in [2.75, 3.05) is 5.32 Å². The predicted octanol–water partition coefficient (Wildman–Crippen LogP) is 2.97. The maximum absolute atomic E-state index is 12.2. The molecule has 0 aliphatic rings. The molecule has 0 saturated heterocycles. The Morgan fingerprint density at radius 3 is 2.85 bits per heavy atom. The number of hydrogen-bond acceptors (Lipinski definition) is 8. The fourth-order valence-corrected chi connectivity index (χ4v) is 2.22. The monoisotopic (exact) mass is 360 g/mol. The van der Waals surface area contributed by atoms with E-state index in [1.165, 1.54) is 31.2 Å². The Bertz CT molecular complexity index is 1050. The summed E-state index contributed by atoms with van der Waals surface area (Å²) in [6, 6.07) is 10.1. The van der Waals surface area contributed by atoms with Gasteiger partial charge in [-0.15, -0.1) is 0 Å². The van der Waals surface area contributed by atoms with E-state index < -0.39 is 0 Å². The molecule has 9 nitrogen and oxygen atoms in total. The van der Waals surface area contributed by atoms with E-state index >= 15 is 0 Å². The fourth-order valence-electron chi connectivity index (χ4n) is 2.22. The van der Waals surface area contributed by atoms with E-state index in [0.29, 0.717) is 28.9 Å². The normalized spacial score (nSPS) is 10.4. The number of hydrogen-bond donors (Lipinski definition) is 1. The average Bonchev–Trinajstić information content (AvgIpc) is 3.24. The van der Waals surface area contributed by atoms with Crippen LogP contribution < -0.4 is 10.1 Å². The Balaban J connectivity index is 1.50. The summed E-state index contributed by atoms with van der Waals surface area (Å²) in [6.07, 6.45) is 7.19. The highest BCUT2D eigenvalue weighted by molar-refractivity contribution is 6.02. The minimum atomic E-state index is -0.343. The van der Waals surface area contributed by atoms with Gasteiger partial charge < -0.3 is 14.5 Å². The first-order chi connectivity index (χ1) is 13.3. The zero-order chi connectivity index (χ0) is 18.5. The number of aromatic nitrogens is 5. The number of nitrogens with zero attached hydrogens (tertiary/aromatic N) is 5. The van der Waals surface area contributed by atoms with Crippen LogP contribution in [0.3, 0.4) is 0 Å². The summed E-state index contributed by atoms with van der Waals surface area (Å²) >= 11 is 0. The molecular formula is C18H12N6O3. The van der Waals surface area contributed by atoms with Crippen molar-refractivity contribution in [2.45, 2.75) is 0 Å². The highest BCUT2D eigenvalue weighted by atomic mass is 16.5. The van der Waals surface area contributed by atoms with Gasteiger partial charge in [0.15, 0.2) is 12.2 Å². The van der Waals surface area contributed by atoms with Gasteiger partial charge in [-0.1, -0.05) is 6.07 Å². The van der Waals surface area contributed by atoms with E-state index in [1.54, 1.807) is 36.5 Å². The predicted molar refractivity (Wildman–Crippen MR) is 94.0 cm³/mol. The molecule has 0 radical (unpaired) electrons. The molecule has 1 aromatic carbocycles. The van der Waals surface area contributed by atoms with Gasteiger partial charge in [0.1, 0.15) is 17.8 Å². The van der Waals surface area contributed by atoms with Crippen LogP contribution in [0.25, 0.3) is 11.6 Å². The Kier molecular flexibility index (Phi) is 4.48. The molecule has 0 unspecified atom stereocenters. The van der Waals surface area contributed by atoms with E-state index in [2.05, 4.69) is 30.2 Å². The van der Waals surface area contributed by atoms with E-state index in [1.807, 2.05) is 0 Å². The van der Waals surface area contributed by atoms with Crippen molar-refractivity contribution < 1.29 is 13.9 Å². The zero-order valence-electron chi connectivity index (χ0n) is 13.8. The topological polar surface area (TPSA) is 116 Å². The fraction of sp³-hybridized carbons (Fsp3) is 0. The Hall–Kier alpha value is -4.14. The van der Waals surface area contributed by atoms with Gasteiger partial charge >= 0.3 is 0 Å². The number of oxazole rings is 1. The summed E-state index contributed by atoms with van der Waals surface area (Å²) in [7, 11) is 0. The molecule has 0 saturated carbocycles. The maximum Gasteiger partial charge on any atom is 0.274 e. The second-order valence-corrected chi connectivity index (χ2v) is 5.26. The maximum atomic E-state index is 12.2. The zero-order valence-corrected chi connectivity index (χ0v) is 13.8. The third-order valence-electron chi connectivity index (χ3n) is 3.41.